The van der Waals surface area contributed by atoms with Crippen LogP contribution < -0.4 is 0 Å². The van der Waals surface area contributed by atoms with Gasteiger partial charge >= 0.3 is 29.8 Å². The van der Waals surface area contributed by atoms with Crippen LogP contribution in [-0.4, -0.2) is 79.6 Å². The Morgan fingerprint density at radius 2 is 1.15 bits per heavy atom. The Morgan fingerprint density at radius 1 is 0.630 bits per heavy atom. The molecule has 0 fully saturated rings. The number of esters is 5. The van der Waals surface area contributed by atoms with Gasteiger partial charge in [-0.3, -0.25) is 24.0 Å². The molecular formula is C31H31N5O10. The number of hydrogen-bond donors (Lipinski definition) is 0. The summed E-state index contributed by atoms with van der Waals surface area (Å²) >= 11 is 0. The Labute approximate surface area is 262 Å². The molecule has 0 saturated carbocycles. The highest BCUT2D eigenvalue weighted by Crippen LogP contribution is 2.32. The standard InChI is InChI=1S/C31H31N5O10/c1-17(37)42-16-24(43-18(2)38)27(44-19(3)39)28(45-20(4)40)29(46-21(5)41)30-33-34-31-32-25(22-12-8-6-9-13-22)26(35-36(30)31)23-14-10-7-11-15-23/h6-15,24,27-29H,16H2,1-5H3/t24-,27+,28+,29-/m1/s1. The van der Waals surface area contributed by atoms with Crippen molar-refractivity contribution in [3.8, 4) is 22.5 Å². The van der Waals surface area contributed by atoms with Crippen molar-refractivity contribution in [1.29, 1.82) is 0 Å². The third-order valence-corrected chi connectivity index (χ3v) is 6.29. The summed E-state index contributed by atoms with van der Waals surface area (Å²) in [6, 6.07) is 18.4. The lowest BCUT2D eigenvalue weighted by molar-refractivity contribution is -0.204. The zero-order chi connectivity index (χ0) is 33.4. The highest BCUT2D eigenvalue weighted by molar-refractivity contribution is 5.78. The molecule has 0 N–H and O–H groups in total. The molecule has 2 aromatic carbocycles. The lowest BCUT2D eigenvalue weighted by atomic mass is 10.0. The molecule has 0 aliphatic heterocycles. The molecule has 240 valence electrons. The van der Waals surface area contributed by atoms with E-state index in [1.54, 1.807) is 0 Å². The maximum atomic E-state index is 12.5. The average molecular weight is 634 g/mol. The van der Waals surface area contributed by atoms with Crippen LogP contribution in [0, 0.1) is 0 Å². The van der Waals surface area contributed by atoms with Crippen LogP contribution in [0.5, 0.6) is 0 Å². The second-order valence-electron chi connectivity index (χ2n) is 9.94. The molecule has 0 aliphatic rings. The summed E-state index contributed by atoms with van der Waals surface area (Å²) < 4.78 is 28.3. The number of fused-ring (bicyclic) bond motifs is 1. The van der Waals surface area contributed by atoms with E-state index < -0.39 is 60.9 Å². The Kier molecular flexibility index (Phi) is 10.7. The predicted molar refractivity (Wildman–Crippen MR) is 157 cm³/mol. The van der Waals surface area contributed by atoms with E-state index in [0.29, 0.717) is 17.0 Å². The van der Waals surface area contributed by atoms with E-state index in [4.69, 9.17) is 33.8 Å². The van der Waals surface area contributed by atoms with Gasteiger partial charge < -0.3 is 23.7 Å². The van der Waals surface area contributed by atoms with E-state index in [9.17, 15) is 24.0 Å². The quantitative estimate of drug-likeness (QED) is 0.164. The van der Waals surface area contributed by atoms with E-state index >= 15 is 0 Å². The van der Waals surface area contributed by atoms with Crippen LogP contribution in [-0.2, 0) is 47.7 Å². The van der Waals surface area contributed by atoms with E-state index in [-0.39, 0.29) is 11.6 Å². The van der Waals surface area contributed by atoms with Crippen molar-refractivity contribution < 1.29 is 47.7 Å². The molecule has 0 aliphatic carbocycles. The molecule has 0 spiro atoms. The molecule has 4 rings (SSSR count). The molecule has 0 radical (unpaired) electrons. The molecule has 0 saturated heterocycles. The van der Waals surface area contributed by atoms with Crippen molar-refractivity contribution in [2.45, 2.75) is 59.0 Å². The van der Waals surface area contributed by atoms with Gasteiger partial charge in [-0.05, 0) is 0 Å². The monoisotopic (exact) mass is 633 g/mol. The third-order valence-electron chi connectivity index (χ3n) is 6.29. The van der Waals surface area contributed by atoms with Gasteiger partial charge in [-0.15, -0.1) is 10.2 Å². The van der Waals surface area contributed by atoms with Gasteiger partial charge in [0, 0.05) is 45.7 Å². The van der Waals surface area contributed by atoms with Crippen molar-refractivity contribution in [2.24, 2.45) is 0 Å². The van der Waals surface area contributed by atoms with Gasteiger partial charge in [-0.25, -0.2) is 4.98 Å². The molecule has 0 bridgehead atoms. The minimum atomic E-state index is -1.71. The van der Waals surface area contributed by atoms with Crippen LogP contribution in [0.3, 0.4) is 0 Å². The van der Waals surface area contributed by atoms with Gasteiger partial charge in [0.15, 0.2) is 18.3 Å². The summed E-state index contributed by atoms with van der Waals surface area (Å²) in [5.74, 6) is -4.36. The number of carbonyl (C=O) groups excluding carboxylic acids is 5. The molecule has 15 nitrogen and oxygen atoms in total. The number of rotatable bonds is 12. The molecule has 0 unspecified atom stereocenters. The summed E-state index contributed by atoms with van der Waals surface area (Å²) in [6.45, 7) is 4.82. The van der Waals surface area contributed by atoms with Crippen molar-refractivity contribution in [1.82, 2.24) is 24.8 Å². The highest BCUT2D eigenvalue weighted by Gasteiger charge is 2.46. The summed E-state index contributed by atoms with van der Waals surface area (Å²) in [5, 5.41) is 13.1. The van der Waals surface area contributed by atoms with Crippen LogP contribution in [0.25, 0.3) is 28.3 Å². The highest BCUT2D eigenvalue weighted by atomic mass is 16.6. The Bertz CT molecular complexity index is 1730. The summed E-state index contributed by atoms with van der Waals surface area (Å²) in [5.41, 5.74) is 2.31. The van der Waals surface area contributed by atoms with E-state index in [1.807, 2.05) is 60.7 Å². The smallest absolute Gasteiger partial charge is 0.303 e. The van der Waals surface area contributed by atoms with Crippen LogP contribution >= 0.6 is 0 Å². The van der Waals surface area contributed by atoms with Crippen LogP contribution in [0.15, 0.2) is 60.7 Å². The average Bonchev–Trinajstić information content (AvgIpc) is 3.42. The fourth-order valence-corrected chi connectivity index (χ4v) is 4.61. The normalized spacial score (nSPS) is 13.5. The summed E-state index contributed by atoms with van der Waals surface area (Å²) in [4.78, 5) is 65.7. The van der Waals surface area contributed by atoms with Crippen LogP contribution in [0.4, 0.5) is 0 Å². The van der Waals surface area contributed by atoms with Gasteiger partial charge in [0.05, 0.1) is 0 Å². The molecule has 0 amide bonds. The SMILES string of the molecule is CC(=O)OC[C@@H](OC(C)=O)[C@H](OC(C)=O)[C@H](OC(C)=O)[C@@H](OC(C)=O)c1nnc2nc(-c3ccccc3)c(-c3ccccc3)nn12. The lowest BCUT2D eigenvalue weighted by Gasteiger charge is -2.34. The lowest BCUT2D eigenvalue weighted by Crippen LogP contribution is -2.50. The Hall–Kier alpha value is -5.73. The minimum Gasteiger partial charge on any atom is -0.462 e. The summed E-state index contributed by atoms with van der Waals surface area (Å²) in [6.07, 6.45) is -6.56. The molecule has 2 aromatic heterocycles. The molecule has 15 heteroatoms. The first-order valence-electron chi connectivity index (χ1n) is 14.0. The number of benzene rings is 2. The van der Waals surface area contributed by atoms with Crippen molar-refractivity contribution in [3.05, 3.63) is 66.5 Å². The maximum Gasteiger partial charge on any atom is 0.303 e. The zero-order valence-electron chi connectivity index (χ0n) is 25.6. The predicted octanol–water partition coefficient (Wildman–Crippen LogP) is 2.82. The first-order chi connectivity index (χ1) is 21.9. The van der Waals surface area contributed by atoms with Gasteiger partial charge in [0.1, 0.15) is 18.0 Å². The van der Waals surface area contributed by atoms with Crippen LogP contribution in [0.1, 0.15) is 46.5 Å². The topological polar surface area (TPSA) is 187 Å². The molecule has 4 aromatic rings. The number of aromatic nitrogens is 5. The largest absolute Gasteiger partial charge is 0.462 e. The third kappa shape index (κ3) is 8.25. The first kappa shape index (κ1) is 33.2. The zero-order valence-corrected chi connectivity index (χ0v) is 25.6. The fourth-order valence-electron chi connectivity index (χ4n) is 4.61. The van der Waals surface area contributed by atoms with E-state index in [2.05, 4.69) is 10.2 Å². The van der Waals surface area contributed by atoms with Gasteiger partial charge in [-0.1, -0.05) is 60.7 Å². The van der Waals surface area contributed by atoms with Gasteiger partial charge in [0.2, 0.25) is 11.9 Å². The molecular weight excluding hydrogens is 602 g/mol. The minimum absolute atomic E-state index is 0.00672. The number of carbonyl (C=O) groups is 5. The van der Waals surface area contributed by atoms with Gasteiger partial charge in [0.25, 0.3) is 5.78 Å². The fraction of sp³-hybridized carbons (Fsp3) is 0.323. The number of nitrogens with zero attached hydrogens (tertiary/aromatic N) is 5. The number of hydrogen-bond acceptors (Lipinski definition) is 14. The molecule has 4 atom stereocenters. The van der Waals surface area contributed by atoms with Crippen molar-refractivity contribution >= 4 is 35.6 Å². The Morgan fingerprint density at radius 3 is 1.67 bits per heavy atom. The second-order valence-corrected chi connectivity index (χ2v) is 9.94. The second kappa shape index (κ2) is 14.8. The van der Waals surface area contributed by atoms with E-state index in [0.717, 1.165) is 40.2 Å². The summed E-state index contributed by atoms with van der Waals surface area (Å²) in [7, 11) is 0. The van der Waals surface area contributed by atoms with Crippen molar-refractivity contribution in [2.75, 3.05) is 6.61 Å². The molecule has 46 heavy (non-hydrogen) atoms. The first-order valence-corrected chi connectivity index (χ1v) is 14.0. The van der Waals surface area contributed by atoms with Crippen molar-refractivity contribution in [3.63, 3.8) is 0 Å². The maximum absolute atomic E-state index is 12.5. The van der Waals surface area contributed by atoms with Gasteiger partial charge in [-0.2, -0.15) is 9.61 Å². The number of ether oxygens (including phenoxy) is 5. The Balaban J connectivity index is 1.95. The van der Waals surface area contributed by atoms with E-state index in [1.165, 1.54) is 4.52 Å². The van der Waals surface area contributed by atoms with Crippen LogP contribution in [0.2, 0.25) is 0 Å². The molecule has 2 heterocycles.